The maximum atomic E-state index is 12.4. The number of thiophene rings is 1. The molecule has 2 N–H and O–H groups in total. The Morgan fingerprint density at radius 3 is 2.61 bits per heavy atom. The molecule has 4 aromatic heterocycles. The highest BCUT2D eigenvalue weighted by molar-refractivity contribution is 7.93. The molecular weight excluding hydrogens is 454 g/mol. The molecule has 0 radical (unpaired) electrons. The summed E-state index contributed by atoms with van der Waals surface area (Å²) in [4.78, 5) is 4.13. The van der Waals surface area contributed by atoms with Gasteiger partial charge in [0.15, 0.2) is 16.6 Å². The van der Waals surface area contributed by atoms with Crippen LogP contribution in [0.25, 0.3) is 17.0 Å². The van der Waals surface area contributed by atoms with Crippen LogP contribution in [0.5, 0.6) is 0 Å². The van der Waals surface area contributed by atoms with E-state index in [1.165, 1.54) is 11.3 Å². The van der Waals surface area contributed by atoms with Crippen LogP contribution in [0.3, 0.4) is 0 Å². The van der Waals surface area contributed by atoms with Crippen LogP contribution in [0.4, 0.5) is 10.9 Å². The molecule has 0 saturated carbocycles. The van der Waals surface area contributed by atoms with Gasteiger partial charge in [0.1, 0.15) is 5.82 Å². The van der Waals surface area contributed by atoms with Crippen LogP contribution in [0.2, 0.25) is 0 Å². The highest BCUT2D eigenvalue weighted by Crippen LogP contribution is 2.21. The van der Waals surface area contributed by atoms with Crippen molar-refractivity contribution in [2.24, 2.45) is 0 Å². The van der Waals surface area contributed by atoms with Crippen molar-refractivity contribution >= 4 is 49.3 Å². The summed E-state index contributed by atoms with van der Waals surface area (Å²) in [6.07, 6.45) is 1.55. The molecule has 5 rings (SSSR count). The van der Waals surface area contributed by atoms with Crippen LogP contribution in [0.1, 0.15) is 5.56 Å². The van der Waals surface area contributed by atoms with Gasteiger partial charge in [-0.05, 0) is 41.3 Å². The Kier molecular flexibility index (Phi) is 5.10. The molecular formula is C19H15N7O2S3. The number of thiazole rings is 1. The topological polar surface area (TPSA) is 114 Å². The Hall–Kier alpha value is -3.35. The Morgan fingerprint density at radius 1 is 1.00 bits per heavy atom. The van der Waals surface area contributed by atoms with Gasteiger partial charge in [-0.25, -0.2) is 13.4 Å². The second-order valence-electron chi connectivity index (χ2n) is 6.46. The fourth-order valence-corrected chi connectivity index (χ4v) is 5.30. The predicted molar refractivity (Wildman–Crippen MR) is 121 cm³/mol. The zero-order valence-corrected chi connectivity index (χ0v) is 18.3. The van der Waals surface area contributed by atoms with Gasteiger partial charge in [-0.2, -0.15) is 15.9 Å². The van der Waals surface area contributed by atoms with Gasteiger partial charge < -0.3 is 5.32 Å². The molecule has 4 heterocycles. The highest BCUT2D eigenvalue weighted by atomic mass is 32.2. The van der Waals surface area contributed by atoms with E-state index < -0.39 is 10.0 Å². The Bertz CT molecular complexity index is 1410. The summed E-state index contributed by atoms with van der Waals surface area (Å²) in [5, 5.41) is 22.2. The number of fused-ring (bicyclic) bond motifs is 1. The molecule has 0 aliphatic rings. The summed E-state index contributed by atoms with van der Waals surface area (Å²) in [7, 11) is -3.66. The molecule has 156 valence electrons. The number of hydrogen-bond acceptors (Lipinski definition) is 9. The first-order chi connectivity index (χ1) is 15.1. The molecule has 5 aromatic rings. The lowest BCUT2D eigenvalue weighted by atomic mass is 10.2. The van der Waals surface area contributed by atoms with Crippen LogP contribution in [0, 0.1) is 0 Å². The fourth-order valence-electron chi connectivity index (χ4n) is 2.88. The van der Waals surface area contributed by atoms with Crippen molar-refractivity contribution in [2.75, 3.05) is 10.0 Å². The summed E-state index contributed by atoms with van der Waals surface area (Å²) in [5.41, 5.74) is 2.54. The minimum atomic E-state index is -3.66. The van der Waals surface area contributed by atoms with E-state index in [-0.39, 0.29) is 4.90 Å². The number of anilines is 2. The molecule has 0 saturated heterocycles. The van der Waals surface area contributed by atoms with E-state index in [1.807, 2.05) is 29.0 Å². The van der Waals surface area contributed by atoms with Crippen LogP contribution in [0.15, 0.2) is 69.7 Å². The normalized spacial score (nSPS) is 11.6. The maximum absolute atomic E-state index is 12.4. The Morgan fingerprint density at radius 2 is 1.87 bits per heavy atom. The fraction of sp³-hybridized carbons (Fsp3) is 0.0526. The van der Waals surface area contributed by atoms with Crippen LogP contribution in [-0.2, 0) is 16.6 Å². The van der Waals surface area contributed by atoms with Crippen molar-refractivity contribution in [3.8, 4) is 11.4 Å². The van der Waals surface area contributed by atoms with Crippen molar-refractivity contribution in [1.82, 2.24) is 24.8 Å². The van der Waals surface area contributed by atoms with Gasteiger partial charge in [-0.1, -0.05) is 12.1 Å². The minimum absolute atomic E-state index is 0.177. The summed E-state index contributed by atoms with van der Waals surface area (Å²) in [5.74, 6) is 1.34. The first-order valence-electron chi connectivity index (χ1n) is 9.09. The van der Waals surface area contributed by atoms with Crippen LogP contribution < -0.4 is 10.0 Å². The standard InChI is InChI=1S/C19H15N7O2S3/c27-31(28,25-19-20-8-10-30-19)15-3-1-13(2-4-15)11-21-16-5-6-17-22-23-18(26(17)24-16)14-7-9-29-12-14/h1-10,12H,11H2,(H,20,25)(H,21,24). The molecule has 0 aliphatic heterocycles. The molecule has 0 bridgehead atoms. The smallest absolute Gasteiger partial charge is 0.263 e. The minimum Gasteiger partial charge on any atom is -0.365 e. The molecule has 0 atom stereocenters. The number of nitrogens with zero attached hydrogens (tertiary/aromatic N) is 5. The van der Waals surface area contributed by atoms with Crippen molar-refractivity contribution < 1.29 is 8.42 Å². The Labute approximate surface area is 185 Å². The molecule has 0 unspecified atom stereocenters. The first-order valence-corrected chi connectivity index (χ1v) is 12.4. The van der Waals surface area contributed by atoms with E-state index in [4.69, 9.17) is 0 Å². The summed E-state index contributed by atoms with van der Waals surface area (Å²) >= 11 is 2.81. The third kappa shape index (κ3) is 4.13. The van der Waals surface area contributed by atoms with Crippen molar-refractivity contribution in [3.05, 3.63) is 70.4 Å². The lowest BCUT2D eigenvalue weighted by molar-refractivity contribution is 0.601. The lowest BCUT2D eigenvalue weighted by Gasteiger charge is -2.08. The third-order valence-corrected chi connectivity index (χ3v) is 7.26. The third-order valence-electron chi connectivity index (χ3n) is 4.40. The first kappa shape index (κ1) is 19.6. The molecule has 0 fully saturated rings. The number of aromatic nitrogens is 5. The number of sulfonamides is 1. The van der Waals surface area contributed by atoms with Crippen LogP contribution in [-0.4, -0.2) is 33.2 Å². The van der Waals surface area contributed by atoms with Crippen LogP contribution >= 0.6 is 22.7 Å². The number of rotatable bonds is 7. The SMILES string of the molecule is O=S(=O)(Nc1nccs1)c1ccc(CNc2ccc3nnc(-c4ccsc4)n3n2)cc1. The molecule has 12 heteroatoms. The van der Waals surface area contributed by atoms with Crippen molar-refractivity contribution in [2.45, 2.75) is 11.4 Å². The Balaban J connectivity index is 1.30. The average molecular weight is 470 g/mol. The van der Waals surface area contributed by atoms with Gasteiger partial charge >= 0.3 is 0 Å². The molecule has 0 amide bonds. The summed E-state index contributed by atoms with van der Waals surface area (Å²) in [6.45, 7) is 0.481. The second-order valence-corrected chi connectivity index (χ2v) is 9.82. The molecule has 9 nitrogen and oxygen atoms in total. The summed E-state index contributed by atoms with van der Waals surface area (Å²) < 4.78 is 29.0. The van der Waals surface area contributed by atoms with E-state index in [9.17, 15) is 8.42 Å². The van der Waals surface area contributed by atoms with E-state index in [0.717, 1.165) is 11.1 Å². The number of hydrogen-bond donors (Lipinski definition) is 2. The summed E-state index contributed by atoms with van der Waals surface area (Å²) in [6, 6.07) is 12.3. The molecule has 1 aromatic carbocycles. The maximum Gasteiger partial charge on any atom is 0.263 e. The van der Waals surface area contributed by atoms with E-state index >= 15 is 0 Å². The quantitative estimate of drug-likeness (QED) is 0.373. The van der Waals surface area contributed by atoms with Crippen molar-refractivity contribution in [1.29, 1.82) is 0 Å². The van der Waals surface area contributed by atoms with E-state index in [2.05, 4.69) is 30.3 Å². The predicted octanol–water partition coefficient (Wildman–Crippen LogP) is 3.72. The van der Waals surface area contributed by atoms with Gasteiger partial charge in [0.25, 0.3) is 10.0 Å². The van der Waals surface area contributed by atoms with E-state index in [0.29, 0.717) is 29.0 Å². The number of nitrogens with one attached hydrogen (secondary N) is 2. The second kappa shape index (κ2) is 8.06. The van der Waals surface area contributed by atoms with Crippen molar-refractivity contribution in [3.63, 3.8) is 0 Å². The largest absolute Gasteiger partial charge is 0.365 e. The zero-order chi connectivity index (χ0) is 21.3. The van der Waals surface area contributed by atoms with Gasteiger partial charge in [0.2, 0.25) is 0 Å². The zero-order valence-electron chi connectivity index (χ0n) is 15.8. The average Bonchev–Trinajstić information content (AvgIpc) is 3.53. The lowest BCUT2D eigenvalue weighted by Crippen LogP contribution is -2.13. The monoisotopic (exact) mass is 469 g/mol. The van der Waals surface area contributed by atoms with Gasteiger partial charge in [0.05, 0.1) is 4.90 Å². The van der Waals surface area contributed by atoms with E-state index in [1.54, 1.807) is 51.7 Å². The van der Waals surface area contributed by atoms with Gasteiger partial charge in [-0.3, -0.25) is 4.72 Å². The molecule has 31 heavy (non-hydrogen) atoms. The molecule has 0 aliphatic carbocycles. The molecule has 0 spiro atoms. The van der Waals surface area contributed by atoms with Gasteiger partial charge in [0, 0.05) is 29.1 Å². The van der Waals surface area contributed by atoms with Gasteiger partial charge in [-0.15, -0.1) is 26.6 Å². The highest BCUT2D eigenvalue weighted by Gasteiger charge is 2.15. The number of benzene rings is 1.